The molecule has 0 aromatic heterocycles. The van der Waals surface area contributed by atoms with Crippen LogP contribution in [0, 0.1) is 6.92 Å². The Morgan fingerprint density at radius 1 is 1.24 bits per heavy atom. The average molecular weight is 310 g/mol. The van der Waals surface area contributed by atoms with Gasteiger partial charge in [-0.2, -0.15) is 4.31 Å². The molecule has 1 fully saturated rings. The van der Waals surface area contributed by atoms with Gasteiger partial charge in [-0.25, -0.2) is 8.42 Å². The molecule has 0 heterocycles. The van der Waals surface area contributed by atoms with Crippen LogP contribution in [0.2, 0.25) is 0 Å². The van der Waals surface area contributed by atoms with Crippen LogP contribution in [0.5, 0.6) is 0 Å². The minimum absolute atomic E-state index is 0.192. The standard InChI is InChI=1S/C15H22N2O3S/c1-4-16-14(18)15(10-11-15)17(5-2)21(19,20)13-8-6-12(3)7-9-13/h6-9H,4-5,10-11H2,1-3H3,(H,16,18). The largest absolute Gasteiger partial charge is 0.355 e. The molecule has 1 aromatic rings. The van der Waals surface area contributed by atoms with Gasteiger partial charge in [-0.1, -0.05) is 24.6 Å². The molecule has 5 nitrogen and oxygen atoms in total. The van der Waals surface area contributed by atoms with Gasteiger partial charge in [-0.3, -0.25) is 4.79 Å². The Labute approximate surface area is 126 Å². The molecule has 2 rings (SSSR count). The van der Waals surface area contributed by atoms with Gasteiger partial charge in [0.15, 0.2) is 0 Å². The first-order valence-electron chi connectivity index (χ1n) is 7.26. The number of nitrogens with one attached hydrogen (secondary N) is 1. The second kappa shape index (κ2) is 5.77. The molecule has 0 radical (unpaired) electrons. The van der Waals surface area contributed by atoms with E-state index in [2.05, 4.69) is 5.32 Å². The molecule has 0 atom stereocenters. The lowest BCUT2D eigenvalue weighted by atomic mass is 10.2. The van der Waals surface area contributed by atoms with Crippen molar-refractivity contribution in [3.05, 3.63) is 29.8 Å². The van der Waals surface area contributed by atoms with Crippen molar-refractivity contribution in [3.8, 4) is 0 Å². The molecule has 0 bridgehead atoms. The summed E-state index contributed by atoms with van der Waals surface area (Å²) in [5.41, 5.74) is 0.107. The number of hydrogen-bond donors (Lipinski definition) is 1. The number of sulfonamides is 1. The minimum atomic E-state index is -3.65. The molecule has 1 aromatic carbocycles. The van der Waals surface area contributed by atoms with E-state index in [9.17, 15) is 13.2 Å². The van der Waals surface area contributed by atoms with Crippen molar-refractivity contribution >= 4 is 15.9 Å². The normalized spacial score (nSPS) is 16.8. The third-order valence-corrected chi connectivity index (χ3v) is 5.91. The predicted octanol–water partition coefficient (Wildman–Crippen LogP) is 1.67. The van der Waals surface area contributed by atoms with Crippen LogP contribution in [0.4, 0.5) is 0 Å². The fraction of sp³-hybridized carbons (Fsp3) is 0.533. The fourth-order valence-electron chi connectivity index (χ4n) is 2.57. The van der Waals surface area contributed by atoms with Gasteiger partial charge in [0.25, 0.3) is 0 Å². The molecule has 6 heteroatoms. The SMILES string of the molecule is CCNC(=O)C1(N(CC)S(=O)(=O)c2ccc(C)cc2)CC1. The Kier molecular flexibility index (Phi) is 4.39. The number of nitrogens with zero attached hydrogens (tertiary/aromatic N) is 1. The van der Waals surface area contributed by atoms with E-state index in [0.29, 0.717) is 19.4 Å². The van der Waals surface area contributed by atoms with Crippen LogP contribution in [0.15, 0.2) is 29.2 Å². The molecule has 1 aliphatic carbocycles. The number of carbonyl (C=O) groups is 1. The lowest BCUT2D eigenvalue weighted by molar-refractivity contribution is -0.126. The van der Waals surface area contributed by atoms with Crippen molar-refractivity contribution in [2.24, 2.45) is 0 Å². The van der Waals surface area contributed by atoms with Gasteiger partial charge in [0.05, 0.1) is 4.90 Å². The van der Waals surface area contributed by atoms with Gasteiger partial charge in [-0.05, 0) is 38.8 Å². The van der Waals surface area contributed by atoms with Crippen molar-refractivity contribution < 1.29 is 13.2 Å². The van der Waals surface area contributed by atoms with E-state index in [1.165, 1.54) is 4.31 Å². The highest BCUT2D eigenvalue weighted by atomic mass is 32.2. The second-order valence-electron chi connectivity index (χ2n) is 5.37. The maximum atomic E-state index is 12.8. The zero-order chi connectivity index (χ0) is 15.7. The lowest BCUT2D eigenvalue weighted by Crippen LogP contribution is -2.51. The van der Waals surface area contributed by atoms with Crippen LogP contribution in [0.3, 0.4) is 0 Å². The Bertz CT molecular complexity index is 619. The van der Waals surface area contributed by atoms with Gasteiger partial charge in [-0.15, -0.1) is 0 Å². The molecule has 1 amide bonds. The van der Waals surface area contributed by atoms with Crippen molar-refractivity contribution in [3.63, 3.8) is 0 Å². The van der Waals surface area contributed by atoms with Gasteiger partial charge >= 0.3 is 0 Å². The molecule has 0 spiro atoms. The molecule has 1 aliphatic rings. The summed E-state index contributed by atoms with van der Waals surface area (Å²) in [4.78, 5) is 12.5. The zero-order valence-corrected chi connectivity index (χ0v) is 13.5. The number of carbonyl (C=O) groups excluding carboxylic acids is 1. The molecule has 0 saturated heterocycles. The van der Waals surface area contributed by atoms with Crippen LogP contribution in [0.25, 0.3) is 0 Å². The van der Waals surface area contributed by atoms with E-state index in [4.69, 9.17) is 0 Å². The number of hydrogen-bond acceptors (Lipinski definition) is 3. The van der Waals surface area contributed by atoms with Crippen LogP contribution >= 0.6 is 0 Å². The molecule has 1 saturated carbocycles. The second-order valence-corrected chi connectivity index (χ2v) is 7.24. The Morgan fingerprint density at radius 3 is 2.24 bits per heavy atom. The van der Waals surface area contributed by atoms with E-state index in [1.807, 2.05) is 13.8 Å². The molecular weight excluding hydrogens is 288 g/mol. The van der Waals surface area contributed by atoms with E-state index in [1.54, 1.807) is 31.2 Å². The molecule has 116 valence electrons. The number of amides is 1. The van der Waals surface area contributed by atoms with Crippen molar-refractivity contribution in [2.45, 2.75) is 44.0 Å². The molecule has 0 unspecified atom stereocenters. The minimum Gasteiger partial charge on any atom is -0.355 e. The number of benzene rings is 1. The lowest BCUT2D eigenvalue weighted by Gasteiger charge is -2.29. The summed E-state index contributed by atoms with van der Waals surface area (Å²) < 4.78 is 27.0. The quantitative estimate of drug-likeness (QED) is 0.869. The summed E-state index contributed by atoms with van der Waals surface area (Å²) in [6, 6.07) is 6.74. The summed E-state index contributed by atoms with van der Waals surface area (Å²) in [5.74, 6) is -0.192. The fourth-order valence-corrected chi connectivity index (χ4v) is 4.37. The summed E-state index contributed by atoms with van der Waals surface area (Å²) in [6.45, 7) is 6.30. The van der Waals surface area contributed by atoms with Gasteiger partial charge in [0.1, 0.15) is 5.54 Å². The van der Waals surface area contributed by atoms with Crippen molar-refractivity contribution in [2.75, 3.05) is 13.1 Å². The summed E-state index contributed by atoms with van der Waals surface area (Å²) >= 11 is 0. The first-order chi connectivity index (χ1) is 9.88. The van der Waals surface area contributed by atoms with Crippen LogP contribution < -0.4 is 5.32 Å². The zero-order valence-electron chi connectivity index (χ0n) is 12.7. The molecule has 1 N–H and O–H groups in total. The Hall–Kier alpha value is -1.40. The third-order valence-electron chi connectivity index (χ3n) is 3.86. The van der Waals surface area contributed by atoms with Gasteiger partial charge < -0.3 is 5.32 Å². The van der Waals surface area contributed by atoms with E-state index in [-0.39, 0.29) is 17.3 Å². The highest BCUT2D eigenvalue weighted by Crippen LogP contribution is 2.44. The van der Waals surface area contributed by atoms with E-state index >= 15 is 0 Å². The first kappa shape index (κ1) is 16.0. The average Bonchev–Trinajstić information content (AvgIpc) is 3.21. The number of likely N-dealkylation sites (N-methyl/N-ethyl adjacent to an activating group) is 2. The molecule has 0 aliphatic heterocycles. The van der Waals surface area contributed by atoms with Crippen molar-refractivity contribution in [1.29, 1.82) is 0 Å². The van der Waals surface area contributed by atoms with Crippen LogP contribution in [-0.4, -0.2) is 37.3 Å². The summed E-state index contributed by atoms with van der Waals surface area (Å²) in [5, 5.41) is 2.75. The van der Waals surface area contributed by atoms with Gasteiger partial charge in [0, 0.05) is 13.1 Å². The maximum Gasteiger partial charge on any atom is 0.244 e. The third kappa shape index (κ3) is 2.82. The van der Waals surface area contributed by atoms with E-state index in [0.717, 1.165) is 5.56 Å². The van der Waals surface area contributed by atoms with Crippen LogP contribution in [-0.2, 0) is 14.8 Å². The molecule has 21 heavy (non-hydrogen) atoms. The highest BCUT2D eigenvalue weighted by molar-refractivity contribution is 7.89. The first-order valence-corrected chi connectivity index (χ1v) is 8.70. The topological polar surface area (TPSA) is 66.5 Å². The summed E-state index contributed by atoms with van der Waals surface area (Å²) in [7, 11) is -3.65. The Balaban J connectivity index is 2.37. The van der Waals surface area contributed by atoms with Gasteiger partial charge in [0.2, 0.25) is 15.9 Å². The van der Waals surface area contributed by atoms with Crippen LogP contribution in [0.1, 0.15) is 32.3 Å². The predicted molar refractivity (Wildman–Crippen MR) is 81.4 cm³/mol. The monoisotopic (exact) mass is 310 g/mol. The van der Waals surface area contributed by atoms with E-state index < -0.39 is 15.6 Å². The Morgan fingerprint density at radius 2 is 1.81 bits per heavy atom. The number of rotatable bonds is 6. The van der Waals surface area contributed by atoms with Crippen molar-refractivity contribution in [1.82, 2.24) is 9.62 Å². The smallest absolute Gasteiger partial charge is 0.244 e. The number of aryl methyl sites for hydroxylation is 1. The summed E-state index contributed by atoms with van der Waals surface area (Å²) in [6.07, 6.45) is 1.16. The highest BCUT2D eigenvalue weighted by Gasteiger charge is 2.58. The maximum absolute atomic E-state index is 12.8. The molecular formula is C15H22N2O3S.